The van der Waals surface area contributed by atoms with Crippen molar-refractivity contribution in [3.63, 3.8) is 0 Å². The lowest BCUT2D eigenvalue weighted by molar-refractivity contribution is -0.387. The van der Waals surface area contributed by atoms with E-state index in [1.165, 1.54) is 12.1 Å². The van der Waals surface area contributed by atoms with Crippen molar-refractivity contribution in [2.24, 2.45) is 5.73 Å². The zero-order valence-corrected chi connectivity index (χ0v) is 8.07. The smallest absolute Gasteiger partial charge is 0.305 e. The Hall–Kier alpha value is -1.49. The Morgan fingerprint density at radius 3 is 2.67 bits per heavy atom. The van der Waals surface area contributed by atoms with E-state index in [1.807, 2.05) is 0 Å². The molecule has 5 heteroatoms. The second-order valence-corrected chi connectivity index (χ2v) is 3.88. The monoisotopic (exact) mass is 210 g/mol. The van der Waals surface area contributed by atoms with Gasteiger partial charge in [0.1, 0.15) is 0 Å². The van der Waals surface area contributed by atoms with Gasteiger partial charge < -0.3 is 5.73 Å². The maximum absolute atomic E-state index is 13.7. The van der Waals surface area contributed by atoms with Gasteiger partial charge in [0.2, 0.25) is 5.82 Å². The van der Waals surface area contributed by atoms with Gasteiger partial charge in [-0.15, -0.1) is 0 Å². The normalized spacial score (nSPS) is 17.5. The van der Waals surface area contributed by atoms with Crippen LogP contribution >= 0.6 is 0 Å². The Kier molecular flexibility index (Phi) is 2.19. The maximum atomic E-state index is 13.7. The molecule has 0 aliphatic heterocycles. The summed E-state index contributed by atoms with van der Waals surface area (Å²) in [6.45, 7) is 0.338. The summed E-state index contributed by atoms with van der Waals surface area (Å²) in [4.78, 5) is 9.84. The number of nitrogens with zero attached hydrogens (tertiary/aromatic N) is 1. The van der Waals surface area contributed by atoms with Crippen molar-refractivity contribution in [3.05, 3.63) is 39.7 Å². The van der Waals surface area contributed by atoms with Crippen LogP contribution in [0.1, 0.15) is 18.4 Å². The summed E-state index contributed by atoms with van der Waals surface area (Å²) < 4.78 is 13.7. The molecule has 0 saturated heterocycles. The topological polar surface area (TPSA) is 69.2 Å². The average Bonchev–Trinajstić information content (AvgIpc) is 2.98. The molecule has 1 saturated carbocycles. The third kappa shape index (κ3) is 1.48. The molecule has 1 aliphatic carbocycles. The maximum Gasteiger partial charge on any atom is 0.305 e. The summed E-state index contributed by atoms with van der Waals surface area (Å²) in [5.74, 6) is -0.731. The molecule has 1 aromatic rings. The number of benzene rings is 1. The van der Waals surface area contributed by atoms with Crippen LogP contribution in [0.5, 0.6) is 0 Å². The van der Waals surface area contributed by atoms with Gasteiger partial charge in [0, 0.05) is 23.6 Å². The minimum atomic E-state index is -0.731. The summed E-state index contributed by atoms with van der Waals surface area (Å²) in [7, 11) is 0. The number of halogens is 1. The molecule has 2 rings (SSSR count). The fraction of sp³-hybridized carbons (Fsp3) is 0.400. The van der Waals surface area contributed by atoms with Gasteiger partial charge >= 0.3 is 5.69 Å². The summed E-state index contributed by atoms with van der Waals surface area (Å²) in [6.07, 6.45) is 1.61. The van der Waals surface area contributed by atoms with Gasteiger partial charge in [0.25, 0.3) is 0 Å². The molecule has 0 unspecified atom stereocenters. The molecule has 0 atom stereocenters. The molecule has 80 valence electrons. The zero-order valence-electron chi connectivity index (χ0n) is 8.07. The second-order valence-electron chi connectivity index (χ2n) is 3.88. The highest BCUT2D eigenvalue weighted by Gasteiger charge is 2.45. The molecule has 2 N–H and O–H groups in total. The first-order valence-corrected chi connectivity index (χ1v) is 4.74. The first-order chi connectivity index (χ1) is 7.10. The molecule has 0 spiro atoms. The van der Waals surface area contributed by atoms with E-state index in [9.17, 15) is 14.5 Å². The molecule has 15 heavy (non-hydrogen) atoms. The van der Waals surface area contributed by atoms with Gasteiger partial charge in [-0.1, -0.05) is 12.1 Å². The van der Waals surface area contributed by atoms with Crippen molar-refractivity contribution in [1.29, 1.82) is 0 Å². The van der Waals surface area contributed by atoms with Crippen LogP contribution in [0.4, 0.5) is 10.1 Å². The van der Waals surface area contributed by atoms with Crippen molar-refractivity contribution >= 4 is 5.69 Å². The molecule has 0 heterocycles. The zero-order chi connectivity index (χ0) is 11.1. The first kappa shape index (κ1) is 10.0. The van der Waals surface area contributed by atoms with Crippen molar-refractivity contribution in [1.82, 2.24) is 0 Å². The Bertz CT molecular complexity index is 416. The van der Waals surface area contributed by atoms with Crippen LogP contribution in [0.25, 0.3) is 0 Å². The number of hydrogen-bond acceptors (Lipinski definition) is 3. The minimum Gasteiger partial charge on any atom is -0.330 e. The fourth-order valence-electron chi connectivity index (χ4n) is 1.80. The number of nitrogens with two attached hydrogens (primary N) is 1. The summed E-state index contributed by atoms with van der Waals surface area (Å²) in [5, 5.41) is 10.5. The Morgan fingerprint density at radius 1 is 1.53 bits per heavy atom. The fourth-order valence-corrected chi connectivity index (χ4v) is 1.80. The van der Waals surface area contributed by atoms with E-state index in [1.54, 1.807) is 6.07 Å². The van der Waals surface area contributed by atoms with Gasteiger partial charge in [-0.25, -0.2) is 0 Å². The number of hydrogen-bond donors (Lipinski definition) is 1. The van der Waals surface area contributed by atoms with E-state index in [0.717, 1.165) is 12.8 Å². The van der Waals surface area contributed by atoms with Crippen molar-refractivity contribution < 1.29 is 9.31 Å². The molecule has 1 aromatic carbocycles. The van der Waals surface area contributed by atoms with E-state index in [-0.39, 0.29) is 5.41 Å². The van der Waals surface area contributed by atoms with Gasteiger partial charge in [-0.2, -0.15) is 4.39 Å². The van der Waals surface area contributed by atoms with E-state index < -0.39 is 16.4 Å². The van der Waals surface area contributed by atoms with Crippen molar-refractivity contribution in [3.8, 4) is 0 Å². The number of nitro groups is 1. The van der Waals surface area contributed by atoms with Crippen LogP contribution in [-0.2, 0) is 5.41 Å². The molecule has 0 bridgehead atoms. The predicted octanol–water partition coefficient (Wildman–Crippen LogP) is 1.72. The van der Waals surface area contributed by atoms with Gasteiger partial charge in [-0.05, 0) is 12.8 Å². The summed E-state index contributed by atoms with van der Waals surface area (Å²) in [5.41, 5.74) is 5.13. The van der Waals surface area contributed by atoms with Crippen molar-refractivity contribution in [2.45, 2.75) is 18.3 Å². The Morgan fingerprint density at radius 2 is 2.20 bits per heavy atom. The van der Waals surface area contributed by atoms with Gasteiger partial charge in [-0.3, -0.25) is 10.1 Å². The molecule has 0 amide bonds. The summed E-state index contributed by atoms with van der Waals surface area (Å²) >= 11 is 0. The third-order valence-corrected chi connectivity index (χ3v) is 2.99. The van der Waals surface area contributed by atoms with Crippen molar-refractivity contribution in [2.75, 3.05) is 6.54 Å². The first-order valence-electron chi connectivity index (χ1n) is 4.74. The number of nitro benzene ring substituents is 1. The quantitative estimate of drug-likeness (QED) is 0.610. The lowest BCUT2D eigenvalue weighted by atomic mass is 9.95. The Balaban J connectivity index is 2.50. The molecular weight excluding hydrogens is 199 g/mol. The third-order valence-electron chi connectivity index (χ3n) is 2.99. The van der Waals surface area contributed by atoms with Crippen LogP contribution in [0, 0.1) is 15.9 Å². The SMILES string of the molecule is NCC1(c2cccc([N+](=O)[O-])c2F)CC1. The lowest BCUT2D eigenvalue weighted by Gasteiger charge is -2.13. The minimum absolute atomic E-state index is 0.338. The highest BCUT2D eigenvalue weighted by atomic mass is 19.1. The highest BCUT2D eigenvalue weighted by molar-refractivity contribution is 5.43. The molecular formula is C10H11FN2O2. The molecule has 4 nitrogen and oxygen atoms in total. The van der Waals surface area contributed by atoms with E-state index in [2.05, 4.69) is 0 Å². The average molecular weight is 210 g/mol. The van der Waals surface area contributed by atoms with E-state index in [0.29, 0.717) is 12.1 Å². The van der Waals surface area contributed by atoms with Gasteiger partial charge in [0.05, 0.1) is 4.92 Å². The predicted molar refractivity (Wildman–Crippen MR) is 53.0 cm³/mol. The molecule has 0 radical (unpaired) electrons. The van der Waals surface area contributed by atoms with Crippen LogP contribution in [0.2, 0.25) is 0 Å². The van der Waals surface area contributed by atoms with Crippen LogP contribution in [-0.4, -0.2) is 11.5 Å². The highest BCUT2D eigenvalue weighted by Crippen LogP contribution is 2.49. The Labute approximate surface area is 86.0 Å². The number of rotatable bonds is 3. The summed E-state index contributed by atoms with van der Waals surface area (Å²) in [6, 6.07) is 4.26. The van der Waals surface area contributed by atoms with Crippen LogP contribution < -0.4 is 5.73 Å². The van der Waals surface area contributed by atoms with Crippen LogP contribution in [0.3, 0.4) is 0 Å². The van der Waals surface area contributed by atoms with E-state index in [4.69, 9.17) is 5.73 Å². The molecule has 0 aromatic heterocycles. The molecule has 1 fully saturated rings. The second kappa shape index (κ2) is 3.27. The standard InChI is InChI=1S/C10H11FN2O2/c11-9-7(10(6-12)4-5-10)2-1-3-8(9)13(14)15/h1-3H,4-6,12H2. The molecule has 1 aliphatic rings. The lowest BCUT2D eigenvalue weighted by Crippen LogP contribution is -2.21. The van der Waals surface area contributed by atoms with Crippen LogP contribution in [0.15, 0.2) is 18.2 Å². The largest absolute Gasteiger partial charge is 0.330 e. The van der Waals surface area contributed by atoms with Gasteiger partial charge in [0.15, 0.2) is 0 Å². The van der Waals surface area contributed by atoms with E-state index >= 15 is 0 Å².